The third kappa shape index (κ3) is 5.68. The van der Waals surface area contributed by atoms with Crippen molar-refractivity contribution >= 4 is 17.6 Å². The molecule has 1 aromatic heterocycles. The third-order valence-electron chi connectivity index (χ3n) is 4.78. The average molecular weight is 423 g/mol. The van der Waals surface area contributed by atoms with Gasteiger partial charge in [0.1, 0.15) is 5.76 Å². The Labute approximate surface area is 172 Å². The summed E-state index contributed by atoms with van der Waals surface area (Å²) in [6.07, 6.45) is -2.82. The van der Waals surface area contributed by atoms with Crippen molar-refractivity contribution in [2.24, 2.45) is 4.99 Å². The number of aliphatic imine (C=N–C) groups is 1. The molecule has 0 bridgehead atoms. The molecule has 2 aromatic rings. The van der Waals surface area contributed by atoms with Crippen LogP contribution in [0.3, 0.4) is 0 Å². The van der Waals surface area contributed by atoms with Gasteiger partial charge in [0.05, 0.1) is 24.9 Å². The van der Waals surface area contributed by atoms with Gasteiger partial charge in [-0.25, -0.2) is 0 Å². The van der Waals surface area contributed by atoms with Crippen molar-refractivity contribution < 1.29 is 22.4 Å². The fourth-order valence-corrected chi connectivity index (χ4v) is 3.21. The number of guanidine groups is 1. The molecule has 1 aromatic carbocycles. The van der Waals surface area contributed by atoms with Crippen LogP contribution in [-0.2, 0) is 17.5 Å². The van der Waals surface area contributed by atoms with Crippen molar-refractivity contribution in [3.05, 3.63) is 54.0 Å². The number of nitrogens with zero attached hydrogens (tertiary/aromatic N) is 3. The topological polar surface area (TPSA) is 73.1 Å². The molecule has 0 unspecified atom stereocenters. The zero-order valence-corrected chi connectivity index (χ0v) is 16.6. The van der Waals surface area contributed by atoms with Crippen molar-refractivity contribution in [2.45, 2.75) is 12.7 Å². The Kier molecular flexibility index (Phi) is 6.86. The highest BCUT2D eigenvalue weighted by molar-refractivity contribution is 5.86. The standard InChI is InChI=1S/C20H24F3N5O2/c1-24-19(26-14-18(29)25-13-17-6-3-11-30-17)28-9-7-27(8-10-28)16-5-2-4-15(12-16)20(21,22)23/h2-6,11-12H,7-10,13-14H2,1H3,(H,24,26)(H,25,29). The SMILES string of the molecule is CN=C(NCC(=O)NCc1ccco1)N1CCN(c2cccc(C(F)(F)F)c2)CC1. The summed E-state index contributed by atoms with van der Waals surface area (Å²) in [5.74, 6) is 1.04. The van der Waals surface area contributed by atoms with Crippen LogP contribution >= 0.6 is 0 Å². The largest absolute Gasteiger partial charge is 0.467 e. The summed E-state index contributed by atoms with van der Waals surface area (Å²) < 4.78 is 44.0. The van der Waals surface area contributed by atoms with Crippen LogP contribution in [0.2, 0.25) is 0 Å². The molecule has 1 saturated heterocycles. The molecule has 0 aliphatic carbocycles. The van der Waals surface area contributed by atoms with Crippen LogP contribution in [0.25, 0.3) is 0 Å². The minimum absolute atomic E-state index is 0.0568. The molecule has 0 spiro atoms. The maximum Gasteiger partial charge on any atom is 0.416 e. The van der Waals surface area contributed by atoms with Gasteiger partial charge in [-0.2, -0.15) is 13.2 Å². The number of anilines is 1. The molecule has 1 aliphatic heterocycles. The van der Waals surface area contributed by atoms with Gasteiger partial charge in [0.15, 0.2) is 5.96 Å². The van der Waals surface area contributed by atoms with Crippen LogP contribution in [0.1, 0.15) is 11.3 Å². The number of carbonyl (C=O) groups excluding carboxylic acids is 1. The fraction of sp³-hybridized carbons (Fsp3) is 0.400. The molecule has 2 N–H and O–H groups in total. The molecule has 1 amide bonds. The van der Waals surface area contributed by atoms with Gasteiger partial charge in [0, 0.05) is 38.9 Å². The number of piperazine rings is 1. The number of rotatable bonds is 5. The Balaban J connectivity index is 1.48. The van der Waals surface area contributed by atoms with E-state index in [1.54, 1.807) is 31.5 Å². The van der Waals surface area contributed by atoms with Crippen LogP contribution in [0.5, 0.6) is 0 Å². The predicted molar refractivity (Wildman–Crippen MR) is 107 cm³/mol. The number of hydrogen-bond donors (Lipinski definition) is 2. The van der Waals surface area contributed by atoms with Gasteiger partial charge >= 0.3 is 6.18 Å². The number of nitrogens with one attached hydrogen (secondary N) is 2. The van der Waals surface area contributed by atoms with Gasteiger partial charge in [-0.1, -0.05) is 6.07 Å². The summed E-state index contributed by atoms with van der Waals surface area (Å²) >= 11 is 0. The lowest BCUT2D eigenvalue weighted by molar-refractivity contribution is -0.137. The van der Waals surface area contributed by atoms with Crippen LogP contribution in [0.4, 0.5) is 18.9 Å². The first-order chi connectivity index (χ1) is 14.4. The predicted octanol–water partition coefficient (Wildman–Crippen LogP) is 2.31. The van der Waals surface area contributed by atoms with Crippen molar-refractivity contribution in [2.75, 3.05) is 44.7 Å². The smallest absolute Gasteiger partial charge is 0.416 e. The van der Waals surface area contributed by atoms with E-state index in [2.05, 4.69) is 15.6 Å². The highest BCUT2D eigenvalue weighted by Crippen LogP contribution is 2.31. The van der Waals surface area contributed by atoms with E-state index in [1.165, 1.54) is 12.1 Å². The number of alkyl halides is 3. The fourth-order valence-electron chi connectivity index (χ4n) is 3.21. The molecule has 0 radical (unpaired) electrons. The van der Waals surface area contributed by atoms with Crippen molar-refractivity contribution in [3.8, 4) is 0 Å². The summed E-state index contributed by atoms with van der Waals surface area (Å²) in [5.41, 5.74) is -0.106. The monoisotopic (exact) mass is 423 g/mol. The van der Waals surface area contributed by atoms with E-state index >= 15 is 0 Å². The number of amides is 1. The quantitative estimate of drug-likeness (QED) is 0.571. The Morgan fingerprint density at radius 2 is 1.90 bits per heavy atom. The number of benzene rings is 1. The first-order valence-electron chi connectivity index (χ1n) is 9.53. The molecule has 7 nitrogen and oxygen atoms in total. The third-order valence-corrected chi connectivity index (χ3v) is 4.78. The van der Waals surface area contributed by atoms with Crippen LogP contribution < -0.4 is 15.5 Å². The number of halogens is 3. The number of carbonyl (C=O) groups is 1. The first-order valence-corrected chi connectivity index (χ1v) is 9.53. The van der Waals surface area contributed by atoms with E-state index < -0.39 is 11.7 Å². The van der Waals surface area contributed by atoms with Gasteiger partial charge in [-0.3, -0.25) is 9.79 Å². The summed E-state index contributed by atoms with van der Waals surface area (Å²) in [6, 6.07) is 8.87. The molecular formula is C20H24F3N5O2. The summed E-state index contributed by atoms with van der Waals surface area (Å²) in [7, 11) is 1.63. The lowest BCUT2D eigenvalue weighted by Crippen LogP contribution is -2.53. The Hall–Kier alpha value is -3.17. The van der Waals surface area contributed by atoms with E-state index in [0.29, 0.717) is 50.1 Å². The minimum atomic E-state index is -4.36. The molecule has 162 valence electrons. The van der Waals surface area contributed by atoms with Crippen LogP contribution in [0, 0.1) is 0 Å². The van der Waals surface area contributed by atoms with Gasteiger partial charge in [0.2, 0.25) is 5.91 Å². The average Bonchev–Trinajstić information content (AvgIpc) is 3.26. The highest BCUT2D eigenvalue weighted by atomic mass is 19.4. The maximum atomic E-state index is 12.9. The summed E-state index contributed by atoms with van der Waals surface area (Å²) in [4.78, 5) is 20.1. The van der Waals surface area contributed by atoms with Crippen LogP contribution in [0.15, 0.2) is 52.1 Å². The lowest BCUT2D eigenvalue weighted by Gasteiger charge is -2.37. The zero-order valence-electron chi connectivity index (χ0n) is 16.6. The molecular weight excluding hydrogens is 399 g/mol. The first kappa shape index (κ1) is 21.5. The van der Waals surface area contributed by atoms with E-state index in [1.807, 2.05) is 9.80 Å². The second-order valence-corrected chi connectivity index (χ2v) is 6.78. The Bertz CT molecular complexity index is 860. The van der Waals surface area contributed by atoms with E-state index in [0.717, 1.165) is 6.07 Å². The van der Waals surface area contributed by atoms with Crippen molar-refractivity contribution in [1.82, 2.24) is 15.5 Å². The minimum Gasteiger partial charge on any atom is -0.467 e. The van der Waals surface area contributed by atoms with Crippen molar-refractivity contribution in [3.63, 3.8) is 0 Å². The summed E-state index contributed by atoms with van der Waals surface area (Å²) in [6.45, 7) is 2.61. The molecule has 30 heavy (non-hydrogen) atoms. The van der Waals surface area contributed by atoms with E-state index in [9.17, 15) is 18.0 Å². The Morgan fingerprint density at radius 1 is 1.13 bits per heavy atom. The number of hydrogen-bond acceptors (Lipinski definition) is 4. The normalized spacial score (nSPS) is 15.3. The maximum absolute atomic E-state index is 12.9. The van der Waals surface area contributed by atoms with Crippen molar-refractivity contribution in [1.29, 1.82) is 0 Å². The molecule has 1 aliphatic rings. The van der Waals surface area contributed by atoms with E-state index in [4.69, 9.17) is 4.42 Å². The number of furan rings is 1. The van der Waals surface area contributed by atoms with Gasteiger partial charge < -0.3 is 24.9 Å². The molecule has 1 fully saturated rings. The molecule has 10 heteroatoms. The van der Waals surface area contributed by atoms with Gasteiger partial charge in [0.25, 0.3) is 0 Å². The van der Waals surface area contributed by atoms with E-state index in [-0.39, 0.29) is 12.5 Å². The Morgan fingerprint density at radius 3 is 2.53 bits per heavy atom. The molecule has 0 saturated carbocycles. The van der Waals surface area contributed by atoms with Gasteiger partial charge in [-0.15, -0.1) is 0 Å². The van der Waals surface area contributed by atoms with Crippen LogP contribution in [-0.4, -0.2) is 56.5 Å². The van der Waals surface area contributed by atoms with Gasteiger partial charge in [-0.05, 0) is 30.3 Å². The second kappa shape index (κ2) is 9.55. The molecule has 2 heterocycles. The molecule has 0 atom stereocenters. The zero-order chi connectivity index (χ0) is 21.6. The lowest BCUT2D eigenvalue weighted by atomic mass is 10.1. The second-order valence-electron chi connectivity index (χ2n) is 6.78. The summed E-state index contributed by atoms with van der Waals surface area (Å²) in [5, 5.41) is 5.76. The molecule has 3 rings (SSSR count). The highest BCUT2D eigenvalue weighted by Gasteiger charge is 2.31.